The number of anilines is 1. The molecule has 0 fully saturated rings. The SMILES string of the molecule is Cc1cc(N2C(=O)c3ccccc3C2=O)cc(C(F)(F)F)c1F. The minimum atomic E-state index is -4.93. The predicted octanol–water partition coefficient (Wildman–Crippen LogP) is 3.95. The summed E-state index contributed by atoms with van der Waals surface area (Å²) >= 11 is 0. The number of carbonyl (C=O) groups is 2. The summed E-state index contributed by atoms with van der Waals surface area (Å²) in [5.41, 5.74) is -1.90. The van der Waals surface area contributed by atoms with E-state index in [2.05, 4.69) is 0 Å². The molecule has 0 saturated heterocycles. The first-order chi connectivity index (χ1) is 10.7. The fourth-order valence-corrected chi connectivity index (χ4v) is 2.51. The fraction of sp³-hybridized carbons (Fsp3) is 0.125. The lowest BCUT2D eigenvalue weighted by Gasteiger charge is -2.18. The first kappa shape index (κ1) is 15.2. The Hall–Kier alpha value is -2.70. The van der Waals surface area contributed by atoms with Crippen LogP contribution in [0.4, 0.5) is 23.2 Å². The number of hydrogen-bond acceptors (Lipinski definition) is 2. The number of aryl methyl sites for hydroxylation is 1. The summed E-state index contributed by atoms with van der Waals surface area (Å²) in [6.45, 7) is 1.15. The Morgan fingerprint density at radius 3 is 1.96 bits per heavy atom. The van der Waals surface area contributed by atoms with Gasteiger partial charge in [-0.15, -0.1) is 0 Å². The number of nitrogens with zero attached hydrogens (tertiary/aromatic N) is 1. The van der Waals surface area contributed by atoms with Gasteiger partial charge in [0.2, 0.25) is 0 Å². The van der Waals surface area contributed by atoms with Crippen LogP contribution >= 0.6 is 0 Å². The average molecular weight is 323 g/mol. The lowest BCUT2D eigenvalue weighted by molar-refractivity contribution is -0.140. The Morgan fingerprint density at radius 2 is 1.48 bits per heavy atom. The molecule has 0 atom stereocenters. The van der Waals surface area contributed by atoms with Gasteiger partial charge in [-0.2, -0.15) is 13.2 Å². The van der Waals surface area contributed by atoms with Gasteiger partial charge in [0.25, 0.3) is 11.8 Å². The summed E-state index contributed by atoms with van der Waals surface area (Å²) in [5.74, 6) is -2.88. The van der Waals surface area contributed by atoms with Crippen LogP contribution in [0.5, 0.6) is 0 Å². The highest BCUT2D eigenvalue weighted by atomic mass is 19.4. The maximum Gasteiger partial charge on any atom is 0.419 e. The molecule has 2 aromatic rings. The monoisotopic (exact) mass is 323 g/mol. The van der Waals surface area contributed by atoms with Crippen molar-refractivity contribution in [2.24, 2.45) is 0 Å². The van der Waals surface area contributed by atoms with Crippen molar-refractivity contribution in [3.8, 4) is 0 Å². The van der Waals surface area contributed by atoms with E-state index in [0.717, 1.165) is 13.0 Å². The average Bonchev–Trinajstić information content (AvgIpc) is 2.73. The molecule has 1 heterocycles. The second kappa shape index (κ2) is 4.91. The molecule has 0 spiro atoms. The summed E-state index contributed by atoms with van der Waals surface area (Å²) < 4.78 is 52.5. The van der Waals surface area contributed by atoms with Gasteiger partial charge in [0.05, 0.1) is 22.4 Å². The minimum absolute atomic E-state index is 0.105. The number of amides is 2. The maximum absolute atomic E-state index is 13.7. The molecule has 3 nitrogen and oxygen atoms in total. The van der Waals surface area contributed by atoms with E-state index in [1.807, 2.05) is 0 Å². The second-order valence-electron chi connectivity index (χ2n) is 5.11. The third-order valence-electron chi connectivity index (χ3n) is 3.60. The number of benzene rings is 2. The molecule has 3 rings (SSSR count). The van der Waals surface area contributed by atoms with Gasteiger partial charge in [-0.1, -0.05) is 12.1 Å². The zero-order valence-electron chi connectivity index (χ0n) is 11.7. The summed E-state index contributed by atoms with van der Waals surface area (Å²) in [6.07, 6.45) is -4.93. The van der Waals surface area contributed by atoms with E-state index in [1.54, 1.807) is 12.1 Å². The third kappa shape index (κ3) is 2.28. The molecule has 0 bridgehead atoms. The van der Waals surface area contributed by atoms with Crippen molar-refractivity contribution in [2.75, 3.05) is 4.90 Å². The topological polar surface area (TPSA) is 37.4 Å². The number of hydrogen-bond donors (Lipinski definition) is 0. The van der Waals surface area contributed by atoms with Crippen LogP contribution in [0.1, 0.15) is 31.8 Å². The largest absolute Gasteiger partial charge is 0.419 e. The van der Waals surface area contributed by atoms with Crippen LogP contribution < -0.4 is 4.90 Å². The molecule has 0 saturated carbocycles. The Balaban J connectivity index is 2.16. The Kier molecular flexibility index (Phi) is 3.24. The lowest BCUT2D eigenvalue weighted by atomic mass is 10.1. The van der Waals surface area contributed by atoms with Crippen molar-refractivity contribution in [1.29, 1.82) is 0 Å². The van der Waals surface area contributed by atoms with Crippen molar-refractivity contribution in [2.45, 2.75) is 13.1 Å². The lowest BCUT2D eigenvalue weighted by Crippen LogP contribution is -2.30. The van der Waals surface area contributed by atoms with Crippen LogP contribution in [-0.4, -0.2) is 11.8 Å². The standard InChI is InChI=1S/C16H9F4NO2/c1-8-6-9(7-12(13(8)17)16(18,19)20)21-14(22)10-4-2-3-5-11(10)15(21)23/h2-7H,1H3. The highest BCUT2D eigenvalue weighted by Gasteiger charge is 2.40. The fourth-order valence-electron chi connectivity index (χ4n) is 2.51. The first-order valence-corrected chi connectivity index (χ1v) is 6.57. The number of halogens is 4. The van der Waals surface area contributed by atoms with Crippen LogP contribution in [0.25, 0.3) is 0 Å². The maximum atomic E-state index is 13.7. The molecule has 0 radical (unpaired) electrons. The minimum Gasteiger partial charge on any atom is -0.268 e. The van der Waals surface area contributed by atoms with Gasteiger partial charge in [0.15, 0.2) is 0 Å². The van der Waals surface area contributed by atoms with Gasteiger partial charge in [0, 0.05) is 0 Å². The third-order valence-corrected chi connectivity index (χ3v) is 3.60. The van der Waals surface area contributed by atoms with E-state index < -0.39 is 29.4 Å². The Bertz CT molecular complexity index is 807. The molecular formula is C16H9F4NO2. The van der Waals surface area contributed by atoms with Crippen molar-refractivity contribution >= 4 is 17.5 Å². The second-order valence-corrected chi connectivity index (χ2v) is 5.11. The molecule has 0 unspecified atom stereocenters. The van der Waals surface area contributed by atoms with E-state index in [1.165, 1.54) is 12.1 Å². The van der Waals surface area contributed by atoms with Gasteiger partial charge < -0.3 is 0 Å². The number of carbonyl (C=O) groups excluding carboxylic acids is 2. The smallest absolute Gasteiger partial charge is 0.268 e. The van der Waals surface area contributed by atoms with E-state index in [9.17, 15) is 27.2 Å². The van der Waals surface area contributed by atoms with Crippen LogP contribution in [0, 0.1) is 12.7 Å². The zero-order chi connectivity index (χ0) is 16.9. The van der Waals surface area contributed by atoms with Crippen molar-refractivity contribution < 1.29 is 27.2 Å². The summed E-state index contributed by atoms with van der Waals surface area (Å²) in [5, 5.41) is 0. The quantitative estimate of drug-likeness (QED) is 0.588. The van der Waals surface area contributed by atoms with E-state index in [-0.39, 0.29) is 22.4 Å². The number of rotatable bonds is 1. The van der Waals surface area contributed by atoms with E-state index >= 15 is 0 Å². The van der Waals surface area contributed by atoms with Gasteiger partial charge >= 0.3 is 6.18 Å². The molecule has 23 heavy (non-hydrogen) atoms. The number of fused-ring (bicyclic) bond motifs is 1. The molecule has 1 aliphatic heterocycles. The van der Waals surface area contributed by atoms with E-state index in [0.29, 0.717) is 11.0 Å². The first-order valence-electron chi connectivity index (χ1n) is 6.57. The highest BCUT2D eigenvalue weighted by Crippen LogP contribution is 2.37. The van der Waals surface area contributed by atoms with E-state index in [4.69, 9.17) is 0 Å². The van der Waals surface area contributed by atoms with Gasteiger partial charge in [-0.05, 0) is 36.8 Å². The van der Waals surface area contributed by atoms with Crippen LogP contribution in [0.3, 0.4) is 0 Å². The molecular weight excluding hydrogens is 314 g/mol. The van der Waals surface area contributed by atoms with Crippen molar-refractivity contribution in [1.82, 2.24) is 0 Å². The summed E-state index contributed by atoms with van der Waals surface area (Å²) in [4.78, 5) is 25.2. The van der Waals surface area contributed by atoms with Crippen LogP contribution in [-0.2, 0) is 6.18 Å². The molecule has 2 aromatic carbocycles. The van der Waals surface area contributed by atoms with Gasteiger partial charge in [-0.25, -0.2) is 9.29 Å². The molecule has 0 aliphatic carbocycles. The number of alkyl halides is 3. The molecule has 0 N–H and O–H groups in total. The van der Waals surface area contributed by atoms with Crippen LogP contribution in [0.2, 0.25) is 0 Å². The Labute approximate surface area is 128 Å². The van der Waals surface area contributed by atoms with Crippen molar-refractivity contribution in [3.05, 3.63) is 64.5 Å². The van der Waals surface area contributed by atoms with Crippen molar-refractivity contribution in [3.63, 3.8) is 0 Å². The Morgan fingerprint density at radius 1 is 0.957 bits per heavy atom. The number of imide groups is 1. The van der Waals surface area contributed by atoms with Gasteiger partial charge in [0.1, 0.15) is 5.82 Å². The summed E-state index contributed by atoms with van der Waals surface area (Å²) in [7, 11) is 0. The molecule has 7 heteroatoms. The summed E-state index contributed by atoms with van der Waals surface area (Å²) in [6, 6.07) is 7.44. The van der Waals surface area contributed by atoms with Gasteiger partial charge in [-0.3, -0.25) is 9.59 Å². The predicted molar refractivity (Wildman–Crippen MR) is 73.7 cm³/mol. The molecule has 0 aromatic heterocycles. The van der Waals surface area contributed by atoms with Crippen LogP contribution in [0.15, 0.2) is 36.4 Å². The normalized spacial score (nSPS) is 14.4. The molecule has 118 valence electrons. The molecule has 1 aliphatic rings. The zero-order valence-corrected chi connectivity index (χ0v) is 11.7. The highest BCUT2D eigenvalue weighted by molar-refractivity contribution is 6.34. The molecule has 2 amide bonds.